The fraction of sp³-hybridized carbons (Fsp3) is 0.692. The molecule has 2 heterocycles. The van der Waals surface area contributed by atoms with Crippen LogP contribution in [0, 0.1) is 5.92 Å². The van der Waals surface area contributed by atoms with Crippen LogP contribution in [0.25, 0.3) is 0 Å². The van der Waals surface area contributed by atoms with Crippen LogP contribution in [0.2, 0.25) is 0 Å². The van der Waals surface area contributed by atoms with Crippen LogP contribution >= 0.6 is 11.3 Å². The summed E-state index contributed by atoms with van der Waals surface area (Å²) in [5.41, 5.74) is 0. The zero-order chi connectivity index (χ0) is 11.4. The first-order valence-electron chi connectivity index (χ1n) is 6.21. The zero-order valence-electron chi connectivity index (χ0n) is 10.3. The second-order valence-corrected chi connectivity index (χ2v) is 5.90. The van der Waals surface area contributed by atoms with E-state index in [0.29, 0.717) is 6.04 Å². The highest BCUT2D eigenvalue weighted by Gasteiger charge is 2.17. The van der Waals surface area contributed by atoms with Crippen LogP contribution in [0.3, 0.4) is 0 Å². The predicted octanol–water partition coefficient (Wildman–Crippen LogP) is 2.74. The Hall–Kier alpha value is -0.380. The van der Waals surface area contributed by atoms with Crippen LogP contribution in [0.5, 0.6) is 0 Å². The van der Waals surface area contributed by atoms with Gasteiger partial charge < -0.3 is 10.2 Å². The van der Waals surface area contributed by atoms with Crippen molar-refractivity contribution in [3.8, 4) is 0 Å². The maximum absolute atomic E-state index is 3.66. The first-order valence-corrected chi connectivity index (χ1v) is 7.09. The Morgan fingerprint density at radius 2 is 2.50 bits per heavy atom. The molecule has 3 heteroatoms. The van der Waals surface area contributed by atoms with E-state index in [4.69, 9.17) is 0 Å². The Morgan fingerprint density at radius 1 is 1.62 bits per heavy atom. The Labute approximate surface area is 103 Å². The molecule has 0 radical (unpaired) electrons. The van der Waals surface area contributed by atoms with E-state index in [0.717, 1.165) is 12.5 Å². The molecule has 1 N–H and O–H groups in total. The van der Waals surface area contributed by atoms with E-state index in [1.165, 1.54) is 30.8 Å². The number of piperidine rings is 1. The minimum Gasteiger partial charge on any atom is -0.309 e. The van der Waals surface area contributed by atoms with Gasteiger partial charge in [-0.15, -0.1) is 11.3 Å². The molecule has 0 bridgehead atoms. The summed E-state index contributed by atoms with van der Waals surface area (Å²) in [6, 6.07) is 4.86. The molecule has 0 spiro atoms. The molecule has 1 aromatic rings. The zero-order valence-corrected chi connectivity index (χ0v) is 11.1. The van der Waals surface area contributed by atoms with Crippen molar-refractivity contribution in [3.05, 3.63) is 22.4 Å². The third-order valence-electron chi connectivity index (χ3n) is 3.40. The fourth-order valence-corrected chi connectivity index (χ4v) is 3.18. The van der Waals surface area contributed by atoms with Crippen LogP contribution in [-0.4, -0.2) is 31.6 Å². The SMILES string of the molecule is CC(NCC1CCCN(C)C1)c1cccs1. The minimum atomic E-state index is 0.507. The van der Waals surface area contributed by atoms with E-state index in [2.05, 4.69) is 41.7 Å². The summed E-state index contributed by atoms with van der Waals surface area (Å²) in [6.07, 6.45) is 2.74. The summed E-state index contributed by atoms with van der Waals surface area (Å²) in [5, 5.41) is 5.81. The van der Waals surface area contributed by atoms with Crippen molar-refractivity contribution in [1.82, 2.24) is 10.2 Å². The second-order valence-electron chi connectivity index (χ2n) is 4.92. The number of nitrogens with one attached hydrogen (secondary N) is 1. The summed E-state index contributed by atoms with van der Waals surface area (Å²) < 4.78 is 0. The molecule has 1 aromatic heterocycles. The molecule has 0 amide bonds. The minimum absolute atomic E-state index is 0.507. The van der Waals surface area contributed by atoms with Crippen molar-refractivity contribution < 1.29 is 0 Å². The first kappa shape index (κ1) is 12.1. The standard InChI is InChI=1S/C13H22N2S/c1-11(13-6-4-8-16-13)14-9-12-5-3-7-15(2)10-12/h4,6,8,11-12,14H,3,5,7,9-10H2,1-2H3. The maximum atomic E-state index is 3.66. The van der Waals surface area contributed by atoms with Gasteiger partial charge in [0.05, 0.1) is 0 Å². The molecule has 2 rings (SSSR count). The topological polar surface area (TPSA) is 15.3 Å². The Bertz CT molecular complexity index is 297. The van der Waals surface area contributed by atoms with E-state index in [1.807, 2.05) is 11.3 Å². The number of likely N-dealkylation sites (tertiary alicyclic amines) is 1. The lowest BCUT2D eigenvalue weighted by molar-refractivity contribution is 0.203. The van der Waals surface area contributed by atoms with Gasteiger partial charge in [-0.2, -0.15) is 0 Å². The van der Waals surface area contributed by atoms with Gasteiger partial charge in [0.2, 0.25) is 0 Å². The molecular formula is C13H22N2S. The number of hydrogen-bond acceptors (Lipinski definition) is 3. The van der Waals surface area contributed by atoms with Gasteiger partial charge in [0, 0.05) is 17.5 Å². The molecule has 0 saturated carbocycles. The van der Waals surface area contributed by atoms with Gasteiger partial charge in [-0.05, 0) is 57.3 Å². The van der Waals surface area contributed by atoms with Crippen LogP contribution in [0.15, 0.2) is 17.5 Å². The molecule has 16 heavy (non-hydrogen) atoms. The van der Waals surface area contributed by atoms with Crippen LogP contribution < -0.4 is 5.32 Å². The van der Waals surface area contributed by atoms with E-state index in [1.54, 1.807) is 0 Å². The summed E-state index contributed by atoms with van der Waals surface area (Å²) in [6.45, 7) is 5.95. The second kappa shape index (κ2) is 5.80. The number of nitrogens with zero attached hydrogens (tertiary/aromatic N) is 1. The number of hydrogen-bond donors (Lipinski definition) is 1. The summed E-state index contributed by atoms with van der Waals surface area (Å²) in [7, 11) is 2.23. The van der Waals surface area contributed by atoms with Gasteiger partial charge in [0.25, 0.3) is 0 Å². The predicted molar refractivity (Wildman–Crippen MR) is 71.0 cm³/mol. The van der Waals surface area contributed by atoms with Gasteiger partial charge in [0.15, 0.2) is 0 Å². The molecule has 0 aromatic carbocycles. The molecule has 1 aliphatic rings. The van der Waals surface area contributed by atoms with Crippen LogP contribution in [-0.2, 0) is 0 Å². The lowest BCUT2D eigenvalue weighted by Gasteiger charge is -2.30. The van der Waals surface area contributed by atoms with Crippen LogP contribution in [0.1, 0.15) is 30.7 Å². The first-order chi connectivity index (χ1) is 7.75. The van der Waals surface area contributed by atoms with E-state index in [9.17, 15) is 0 Å². The van der Waals surface area contributed by atoms with E-state index < -0.39 is 0 Å². The molecule has 2 atom stereocenters. The Kier molecular flexibility index (Phi) is 4.38. The average Bonchev–Trinajstić information content (AvgIpc) is 2.79. The van der Waals surface area contributed by atoms with Gasteiger partial charge in [-0.3, -0.25) is 0 Å². The molecule has 0 aliphatic carbocycles. The molecule has 2 unspecified atom stereocenters. The molecule has 1 fully saturated rings. The Balaban J connectivity index is 1.74. The molecule has 2 nitrogen and oxygen atoms in total. The highest BCUT2D eigenvalue weighted by atomic mass is 32.1. The van der Waals surface area contributed by atoms with Crippen molar-refractivity contribution in [3.63, 3.8) is 0 Å². The monoisotopic (exact) mass is 238 g/mol. The Morgan fingerprint density at radius 3 is 3.19 bits per heavy atom. The third-order valence-corrected chi connectivity index (χ3v) is 4.46. The van der Waals surface area contributed by atoms with Gasteiger partial charge in [-0.1, -0.05) is 6.07 Å². The number of rotatable bonds is 4. The lowest BCUT2D eigenvalue weighted by atomic mass is 9.98. The largest absolute Gasteiger partial charge is 0.309 e. The van der Waals surface area contributed by atoms with Crippen LogP contribution in [0.4, 0.5) is 0 Å². The summed E-state index contributed by atoms with van der Waals surface area (Å²) in [4.78, 5) is 3.90. The van der Waals surface area contributed by atoms with Crippen molar-refractivity contribution in [2.45, 2.75) is 25.8 Å². The molecular weight excluding hydrogens is 216 g/mol. The molecule has 1 aliphatic heterocycles. The average molecular weight is 238 g/mol. The van der Waals surface area contributed by atoms with Crippen molar-refractivity contribution >= 4 is 11.3 Å². The highest BCUT2D eigenvalue weighted by Crippen LogP contribution is 2.20. The lowest BCUT2D eigenvalue weighted by Crippen LogP contribution is -2.37. The summed E-state index contributed by atoms with van der Waals surface area (Å²) in [5.74, 6) is 0.834. The van der Waals surface area contributed by atoms with E-state index >= 15 is 0 Å². The quantitative estimate of drug-likeness (QED) is 0.867. The van der Waals surface area contributed by atoms with E-state index in [-0.39, 0.29) is 0 Å². The smallest absolute Gasteiger partial charge is 0.0386 e. The third kappa shape index (κ3) is 3.30. The maximum Gasteiger partial charge on any atom is 0.0386 e. The fourth-order valence-electron chi connectivity index (χ4n) is 2.42. The van der Waals surface area contributed by atoms with Gasteiger partial charge >= 0.3 is 0 Å². The van der Waals surface area contributed by atoms with Crippen molar-refractivity contribution in [2.24, 2.45) is 5.92 Å². The molecule has 90 valence electrons. The normalized spacial score (nSPS) is 24.5. The molecule has 1 saturated heterocycles. The van der Waals surface area contributed by atoms with Gasteiger partial charge in [0.1, 0.15) is 0 Å². The van der Waals surface area contributed by atoms with Crippen molar-refractivity contribution in [2.75, 3.05) is 26.7 Å². The van der Waals surface area contributed by atoms with Gasteiger partial charge in [-0.25, -0.2) is 0 Å². The number of thiophene rings is 1. The van der Waals surface area contributed by atoms with Crippen molar-refractivity contribution in [1.29, 1.82) is 0 Å². The highest BCUT2D eigenvalue weighted by molar-refractivity contribution is 7.10. The summed E-state index contributed by atoms with van der Waals surface area (Å²) >= 11 is 1.85.